The molecule has 0 saturated carbocycles. The lowest BCUT2D eigenvalue weighted by Crippen LogP contribution is -2.26. The molecule has 5 nitrogen and oxygen atoms in total. The zero-order valence-corrected chi connectivity index (χ0v) is 15.7. The van der Waals surface area contributed by atoms with Crippen LogP contribution in [0.1, 0.15) is 5.56 Å². The Balaban J connectivity index is 1.82. The Hall–Kier alpha value is -2.05. The first-order valence-electron chi connectivity index (χ1n) is 7.24. The highest BCUT2D eigenvalue weighted by Crippen LogP contribution is 2.25. The molecule has 1 amide bonds. The summed E-state index contributed by atoms with van der Waals surface area (Å²) in [6.45, 7) is 0.108. The number of nitrogens with zero attached hydrogens (tertiary/aromatic N) is 2. The largest absolute Gasteiger partial charge is 0.378 e. The number of rotatable bonds is 6. The second-order valence-corrected chi connectivity index (χ2v) is 6.55. The van der Waals surface area contributed by atoms with E-state index in [1.165, 1.54) is 0 Å². The highest BCUT2D eigenvalue weighted by atomic mass is 79.9. The van der Waals surface area contributed by atoms with Gasteiger partial charge in [0.1, 0.15) is 0 Å². The van der Waals surface area contributed by atoms with E-state index in [4.69, 9.17) is 11.6 Å². The molecule has 0 radical (unpaired) electrons. The van der Waals surface area contributed by atoms with Gasteiger partial charge in [0.2, 0.25) is 0 Å². The Morgan fingerprint density at radius 2 is 1.96 bits per heavy atom. The van der Waals surface area contributed by atoms with Gasteiger partial charge in [0.15, 0.2) is 0 Å². The van der Waals surface area contributed by atoms with Gasteiger partial charge in [-0.15, -0.1) is 0 Å². The van der Waals surface area contributed by atoms with E-state index in [1.54, 1.807) is 24.4 Å². The molecule has 0 aliphatic carbocycles. The molecule has 0 saturated heterocycles. The predicted molar refractivity (Wildman–Crippen MR) is 104 cm³/mol. The number of halogens is 2. The molecular weight excluding hydrogens is 392 g/mol. The third-order valence-corrected chi connectivity index (χ3v) is 4.07. The van der Waals surface area contributed by atoms with Crippen molar-refractivity contribution in [3.63, 3.8) is 0 Å². The normalized spacial score (nSPS) is 10.7. The van der Waals surface area contributed by atoms with Gasteiger partial charge in [-0.2, -0.15) is 5.10 Å². The van der Waals surface area contributed by atoms with Crippen molar-refractivity contribution < 1.29 is 4.79 Å². The number of nitrogens with one attached hydrogen (secondary N) is 2. The Kier molecular flexibility index (Phi) is 6.63. The van der Waals surface area contributed by atoms with E-state index in [2.05, 4.69) is 31.8 Å². The first kappa shape index (κ1) is 18.3. The van der Waals surface area contributed by atoms with Crippen LogP contribution in [0.3, 0.4) is 0 Å². The molecule has 0 unspecified atom stereocenters. The van der Waals surface area contributed by atoms with Crippen LogP contribution in [-0.4, -0.2) is 32.8 Å². The van der Waals surface area contributed by atoms with Gasteiger partial charge in [0.25, 0.3) is 5.91 Å². The van der Waals surface area contributed by atoms with Gasteiger partial charge < -0.3 is 10.2 Å². The van der Waals surface area contributed by atoms with Crippen LogP contribution in [0.5, 0.6) is 0 Å². The average Bonchev–Trinajstić information content (AvgIpc) is 2.54. The van der Waals surface area contributed by atoms with Gasteiger partial charge in [-0.25, -0.2) is 5.43 Å². The molecule has 2 rings (SSSR count). The summed E-state index contributed by atoms with van der Waals surface area (Å²) in [6.07, 6.45) is 1.61. The summed E-state index contributed by atoms with van der Waals surface area (Å²) < 4.78 is 0.798. The maximum absolute atomic E-state index is 11.8. The zero-order valence-electron chi connectivity index (χ0n) is 13.4. The molecule has 2 N–H and O–H groups in total. The molecule has 0 spiro atoms. The smallest absolute Gasteiger partial charge is 0.259 e. The molecule has 0 aromatic heterocycles. The molecule has 7 heteroatoms. The minimum absolute atomic E-state index is 0.108. The van der Waals surface area contributed by atoms with Crippen molar-refractivity contribution in [2.45, 2.75) is 0 Å². The fourth-order valence-electron chi connectivity index (χ4n) is 1.89. The SMILES string of the molecule is CN(C)c1ccc(/C=N/NC(=O)CNc2ccc(Cl)cc2Br)cc1. The van der Waals surface area contributed by atoms with Gasteiger partial charge in [-0.1, -0.05) is 23.7 Å². The van der Waals surface area contributed by atoms with Gasteiger partial charge in [0.05, 0.1) is 12.8 Å². The van der Waals surface area contributed by atoms with E-state index in [1.807, 2.05) is 43.3 Å². The van der Waals surface area contributed by atoms with Crippen molar-refractivity contribution in [2.75, 3.05) is 30.9 Å². The van der Waals surface area contributed by atoms with Gasteiger partial charge in [-0.3, -0.25) is 4.79 Å². The van der Waals surface area contributed by atoms with E-state index in [-0.39, 0.29) is 12.5 Å². The molecule has 0 aliphatic heterocycles. The lowest BCUT2D eigenvalue weighted by Gasteiger charge is -2.11. The van der Waals surface area contributed by atoms with E-state index < -0.39 is 0 Å². The summed E-state index contributed by atoms with van der Waals surface area (Å²) in [7, 11) is 3.96. The number of benzene rings is 2. The lowest BCUT2D eigenvalue weighted by atomic mass is 10.2. The maximum Gasteiger partial charge on any atom is 0.259 e. The second kappa shape index (κ2) is 8.70. The Bertz CT molecular complexity index is 732. The molecule has 24 heavy (non-hydrogen) atoms. The molecule has 0 bridgehead atoms. The Labute approximate surface area is 154 Å². The minimum atomic E-state index is -0.238. The van der Waals surface area contributed by atoms with Crippen LogP contribution in [-0.2, 0) is 4.79 Å². The van der Waals surface area contributed by atoms with Crippen molar-refractivity contribution in [1.82, 2.24) is 5.43 Å². The highest BCUT2D eigenvalue weighted by molar-refractivity contribution is 9.10. The second-order valence-electron chi connectivity index (χ2n) is 5.26. The number of anilines is 2. The zero-order chi connectivity index (χ0) is 17.5. The monoisotopic (exact) mass is 408 g/mol. The summed E-state index contributed by atoms with van der Waals surface area (Å²) in [6, 6.07) is 13.2. The maximum atomic E-state index is 11.8. The molecule has 2 aromatic carbocycles. The first-order chi connectivity index (χ1) is 11.5. The molecule has 0 heterocycles. The molecule has 126 valence electrons. The molecule has 0 fully saturated rings. The van der Waals surface area contributed by atoms with Crippen molar-refractivity contribution in [2.24, 2.45) is 5.10 Å². The quantitative estimate of drug-likeness (QED) is 0.564. The summed E-state index contributed by atoms with van der Waals surface area (Å²) in [4.78, 5) is 13.8. The number of amides is 1. The van der Waals surface area contributed by atoms with Crippen LogP contribution in [0.4, 0.5) is 11.4 Å². The van der Waals surface area contributed by atoms with E-state index in [0.717, 1.165) is 21.4 Å². The minimum Gasteiger partial charge on any atom is -0.378 e. The third kappa shape index (κ3) is 5.54. The van der Waals surface area contributed by atoms with Crippen molar-refractivity contribution >= 4 is 51.0 Å². The van der Waals surface area contributed by atoms with Crippen LogP contribution in [0.25, 0.3) is 0 Å². The van der Waals surface area contributed by atoms with Crippen molar-refractivity contribution in [1.29, 1.82) is 0 Å². The number of hydrogen-bond donors (Lipinski definition) is 2. The van der Waals surface area contributed by atoms with E-state index in [9.17, 15) is 4.79 Å². The summed E-state index contributed by atoms with van der Waals surface area (Å²) in [5.41, 5.74) is 5.29. The molecular formula is C17H18BrClN4O. The van der Waals surface area contributed by atoms with Gasteiger partial charge in [-0.05, 0) is 51.8 Å². The standard InChI is InChI=1S/C17H18BrClN4O/c1-23(2)14-6-3-12(4-7-14)10-21-22-17(24)11-20-16-8-5-13(19)9-15(16)18/h3-10,20H,11H2,1-2H3,(H,22,24)/b21-10+. The van der Waals surface area contributed by atoms with E-state index >= 15 is 0 Å². The predicted octanol–water partition coefficient (Wildman–Crippen LogP) is 3.73. The number of carbonyl (C=O) groups is 1. The molecule has 0 atom stereocenters. The Morgan fingerprint density at radius 1 is 1.25 bits per heavy atom. The summed E-state index contributed by atoms with van der Waals surface area (Å²) in [5.74, 6) is -0.238. The van der Waals surface area contributed by atoms with E-state index in [0.29, 0.717) is 5.02 Å². The van der Waals surface area contributed by atoms with Crippen LogP contribution >= 0.6 is 27.5 Å². The number of carbonyl (C=O) groups excluding carboxylic acids is 1. The fourth-order valence-corrected chi connectivity index (χ4v) is 2.71. The van der Waals surface area contributed by atoms with Gasteiger partial charge >= 0.3 is 0 Å². The van der Waals surface area contributed by atoms with Crippen LogP contribution in [0.15, 0.2) is 52.0 Å². The summed E-state index contributed by atoms with van der Waals surface area (Å²) in [5, 5.41) is 7.59. The first-order valence-corrected chi connectivity index (χ1v) is 8.41. The highest BCUT2D eigenvalue weighted by Gasteiger charge is 2.03. The molecule has 2 aromatic rings. The summed E-state index contributed by atoms with van der Waals surface area (Å²) >= 11 is 9.26. The number of hydrazone groups is 1. The van der Waals surface area contributed by atoms with Crippen LogP contribution < -0.4 is 15.6 Å². The fraction of sp³-hybridized carbons (Fsp3) is 0.176. The third-order valence-electron chi connectivity index (χ3n) is 3.18. The van der Waals surface area contributed by atoms with Crippen LogP contribution in [0, 0.1) is 0 Å². The molecule has 0 aliphatic rings. The van der Waals surface area contributed by atoms with Gasteiger partial charge in [0, 0.05) is 35.0 Å². The lowest BCUT2D eigenvalue weighted by molar-refractivity contribution is -0.119. The Morgan fingerprint density at radius 3 is 2.58 bits per heavy atom. The van der Waals surface area contributed by atoms with Crippen molar-refractivity contribution in [3.05, 3.63) is 57.5 Å². The average molecular weight is 410 g/mol. The van der Waals surface area contributed by atoms with Crippen LogP contribution in [0.2, 0.25) is 5.02 Å². The van der Waals surface area contributed by atoms with Crippen molar-refractivity contribution in [3.8, 4) is 0 Å². The number of hydrogen-bond acceptors (Lipinski definition) is 4. The topological polar surface area (TPSA) is 56.7 Å².